The number of fused-ring (bicyclic) bond motifs is 2. The molecule has 2 aromatic heterocycles. The first kappa shape index (κ1) is 17.8. The van der Waals surface area contributed by atoms with Gasteiger partial charge in [0.25, 0.3) is 0 Å². The van der Waals surface area contributed by atoms with Crippen LogP contribution in [0.5, 0.6) is 0 Å². The molecule has 3 aliphatic heterocycles. The molecule has 1 amide bonds. The van der Waals surface area contributed by atoms with E-state index in [9.17, 15) is 4.79 Å². The number of pyridine rings is 2. The van der Waals surface area contributed by atoms with Gasteiger partial charge in [0, 0.05) is 37.1 Å². The molecule has 0 N–H and O–H groups in total. The van der Waals surface area contributed by atoms with Crippen LogP contribution in [0.4, 0.5) is 16.3 Å². The van der Waals surface area contributed by atoms with Crippen molar-refractivity contribution in [2.75, 3.05) is 22.9 Å². The number of carbonyl (C=O) groups excluding carboxylic acids is 1. The van der Waals surface area contributed by atoms with Crippen LogP contribution in [0, 0.1) is 6.92 Å². The molecule has 6 heteroatoms. The molecule has 2 aromatic rings. The Kier molecular flexibility index (Phi) is 4.29. The lowest BCUT2D eigenvalue weighted by Crippen LogP contribution is -2.46. The van der Waals surface area contributed by atoms with E-state index in [0.29, 0.717) is 5.82 Å². The summed E-state index contributed by atoms with van der Waals surface area (Å²) < 4.78 is 5.72. The molecule has 0 atom stereocenters. The molecular weight excluding hydrogens is 340 g/mol. The highest BCUT2D eigenvalue weighted by molar-refractivity contribution is 5.93. The smallest absolute Gasteiger partial charge is 0.416 e. The zero-order valence-electron chi connectivity index (χ0n) is 16.4. The second-order valence-electron chi connectivity index (χ2n) is 8.36. The van der Waals surface area contributed by atoms with E-state index < -0.39 is 5.60 Å². The summed E-state index contributed by atoms with van der Waals surface area (Å²) in [6, 6.07) is 6.27. The van der Waals surface area contributed by atoms with Crippen LogP contribution >= 0.6 is 0 Å². The Balaban J connectivity index is 1.80. The zero-order valence-corrected chi connectivity index (χ0v) is 16.4. The highest BCUT2D eigenvalue weighted by atomic mass is 16.6. The summed E-state index contributed by atoms with van der Waals surface area (Å²) in [6.45, 7) is 9.57. The summed E-state index contributed by atoms with van der Waals surface area (Å²) in [5.41, 5.74) is 3.32. The number of carbonyl (C=O) groups is 1. The predicted octanol–water partition coefficient (Wildman–Crippen LogP) is 4.18. The Morgan fingerprint density at radius 1 is 1.19 bits per heavy atom. The Labute approximate surface area is 160 Å². The van der Waals surface area contributed by atoms with Gasteiger partial charge in [-0.2, -0.15) is 0 Å². The molecule has 27 heavy (non-hydrogen) atoms. The van der Waals surface area contributed by atoms with E-state index in [1.54, 1.807) is 4.90 Å². The fourth-order valence-corrected chi connectivity index (χ4v) is 3.81. The average molecular weight is 366 g/mol. The van der Waals surface area contributed by atoms with Crippen LogP contribution < -0.4 is 9.80 Å². The minimum atomic E-state index is -0.542. The number of hydrogen-bond acceptors (Lipinski definition) is 5. The van der Waals surface area contributed by atoms with Crippen molar-refractivity contribution in [3.63, 3.8) is 0 Å². The summed E-state index contributed by atoms with van der Waals surface area (Å²) in [5, 5.41) is 0. The number of nitrogens with zero attached hydrogens (tertiary/aromatic N) is 4. The van der Waals surface area contributed by atoms with Crippen molar-refractivity contribution in [1.82, 2.24) is 9.97 Å². The molecule has 0 aromatic carbocycles. The van der Waals surface area contributed by atoms with Crippen molar-refractivity contribution in [2.24, 2.45) is 0 Å². The Hall–Kier alpha value is -2.63. The van der Waals surface area contributed by atoms with E-state index in [4.69, 9.17) is 9.72 Å². The second-order valence-corrected chi connectivity index (χ2v) is 8.36. The minimum absolute atomic E-state index is 0.121. The normalized spacial score (nSPS) is 16.9. The van der Waals surface area contributed by atoms with Gasteiger partial charge in [-0.05, 0) is 64.3 Å². The molecule has 0 spiro atoms. The Morgan fingerprint density at radius 3 is 2.59 bits per heavy atom. The van der Waals surface area contributed by atoms with Crippen LogP contribution in [0.25, 0.3) is 11.3 Å². The van der Waals surface area contributed by atoms with Gasteiger partial charge in [-0.15, -0.1) is 0 Å². The molecule has 5 rings (SSSR count). The molecule has 0 saturated carbocycles. The van der Waals surface area contributed by atoms with Gasteiger partial charge < -0.3 is 9.64 Å². The first-order chi connectivity index (χ1) is 12.8. The van der Waals surface area contributed by atoms with E-state index >= 15 is 0 Å². The number of rotatable bonds is 1. The highest BCUT2D eigenvalue weighted by Crippen LogP contribution is 2.39. The van der Waals surface area contributed by atoms with Crippen LogP contribution in [0.3, 0.4) is 0 Å². The molecule has 142 valence electrons. The molecular formula is C21H26N4O2. The third kappa shape index (κ3) is 3.48. The van der Waals surface area contributed by atoms with Crippen LogP contribution in [-0.2, 0) is 4.74 Å². The Bertz CT molecular complexity index is 867. The second kappa shape index (κ2) is 6.51. The molecule has 2 bridgehead atoms. The van der Waals surface area contributed by atoms with Crippen molar-refractivity contribution in [3.05, 3.63) is 36.2 Å². The van der Waals surface area contributed by atoms with Crippen LogP contribution in [0.1, 0.15) is 39.2 Å². The molecule has 6 nitrogen and oxygen atoms in total. The number of ether oxygens (including phenoxy) is 1. The minimum Gasteiger partial charge on any atom is -0.443 e. The highest BCUT2D eigenvalue weighted by Gasteiger charge is 2.39. The first-order valence-electron chi connectivity index (χ1n) is 9.52. The standard InChI is InChI=1S/C21H26N4O2/c1-14-11-15(13-22-12-14)17-5-6-18-19(23-17)25(20(26)27-21(2,3)4)16-7-9-24(18)10-8-16/h5-6,11-13,16H,7-10H2,1-4H3. The fourth-order valence-electron chi connectivity index (χ4n) is 3.81. The molecule has 0 unspecified atom stereocenters. The lowest BCUT2D eigenvalue weighted by molar-refractivity contribution is 0.0561. The molecule has 0 radical (unpaired) electrons. The molecule has 5 heterocycles. The van der Waals surface area contributed by atoms with Gasteiger partial charge >= 0.3 is 6.09 Å². The number of piperidine rings is 1. The largest absolute Gasteiger partial charge is 0.443 e. The van der Waals surface area contributed by atoms with Gasteiger partial charge in [0.05, 0.1) is 11.4 Å². The number of hydrogen-bond donors (Lipinski definition) is 0. The lowest BCUT2D eigenvalue weighted by Gasteiger charge is -2.33. The van der Waals surface area contributed by atoms with E-state index in [0.717, 1.165) is 48.4 Å². The molecule has 1 fully saturated rings. The van der Waals surface area contributed by atoms with Crippen molar-refractivity contribution in [2.45, 2.75) is 52.2 Å². The predicted molar refractivity (Wildman–Crippen MR) is 106 cm³/mol. The fraction of sp³-hybridized carbons (Fsp3) is 0.476. The van der Waals surface area contributed by atoms with Crippen molar-refractivity contribution in [1.29, 1.82) is 0 Å². The van der Waals surface area contributed by atoms with E-state index in [2.05, 4.69) is 22.0 Å². The SMILES string of the molecule is Cc1cncc(-c2ccc3c(n2)N(C(=O)OC(C)(C)C)C2CCN3CC2)c1. The summed E-state index contributed by atoms with van der Waals surface area (Å²) in [7, 11) is 0. The van der Waals surface area contributed by atoms with E-state index in [1.165, 1.54) is 0 Å². The first-order valence-corrected chi connectivity index (χ1v) is 9.52. The Morgan fingerprint density at radius 2 is 1.93 bits per heavy atom. The van der Waals surface area contributed by atoms with Crippen LogP contribution in [-0.4, -0.2) is 40.8 Å². The summed E-state index contributed by atoms with van der Waals surface area (Å²) in [5.74, 6) is 0.697. The number of anilines is 2. The maximum atomic E-state index is 13.1. The van der Waals surface area contributed by atoms with Gasteiger partial charge in [-0.25, -0.2) is 9.78 Å². The van der Waals surface area contributed by atoms with Gasteiger partial charge in [-0.3, -0.25) is 9.88 Å². The zero-order chi connectivity index (χ0) is 19.2. The molecule has 1 saturated heterocycles. The summed E-state index contributed by atoms with van der Waals surface area (Å²) in [4.78, 5) is 26.3. The molecule has 3 aliphatic rings. The van der Waals surface area contributed by atoms with Crippen LogP contribution in [0.15, 0.2) is 30.6 Å². The van der Waals surface area contributed by atoms with Gasteiger partial charge in [0.15, 0.2) is 5.82 Å². The lowest BCUT2D eigenvalue weighted by atomic mass is 10.1. The number of aromatic nitrogens is 2. The third-order valence-corrected chi connectivity index (χ3v) is 5.01. The third-order valence-electron chi connectivity index (χ3n) is 5.01. The van der Waals surface area contributed by atoms with Crippen molar-refractivity contribution < 1.29 is 9.53 Å². The number of aryl methyl sites for hydroxylation is 1. The average Bonchev–Trinajstić information content (AvgIpc) is 2.85. The van der Waals surface area contributed by atoms with Gasteiger partial charge in [-0.1, -0.05) is 0 Å². The van der Waals surface area contributed by atoms with Gasteiger partial charge in [0.2, 0.25) is 0 Å². The summed E-state index contributed by atoms with van der Waals surface area (Å²) >= 11 is 0. The van der Waals surface area contributed by atoms with Crippen molar-refractivity contribution in [3.8, 4) is 11.3 Å². The molecule has 0 aliphatic carbocycles. The number of amides is 1. The van der Waals surface area contributed by atoms with Crippen molar-refractivity contribution >= 4 is 17.6 Å². The van der Waals surface area contributed by atoms with Gasteiger partial charge in [0.1, 0.15) is 5.60 Å². The maximum Gasteiger partial charge on any atom is 0.416 e. The summed E-state index contributed by atoms with van der Waals surface area (Å²) in [6.07, 6.45) is 5.18. The maximum absolute atomic E-state index is 13.1. The van der Waals surface area contributed by atoms with E-state index in [-0.39, 0.29) is 12.1 Å². The van der Waals surface area contributed by atoms with E-state index in [1.807, 2.05) is 46.2 Å². The van der Waals surface area contributed by atoms with Crippen LogP contribution in [0.2, 0.25) is 0 Å². The topological polar surface area (TPSA) is 58.6 Å². The quantitative estimate of drug-likeness (QED) is 0.758. The monoisotopic (exact) mass is 366 g/mol.